The number of ether oxygens (including phenoxy) is 3. The molecule has 0 aliphatic rings. The summed E-state index contributed by atoms with van der Waals surface area (Å²) in [6, 6.07) is 0. The van der Waals surface area contributed by atoms with Gasteiger partial charge >= 0.3 is 17.9 Å². The first-order valence-electron chi connectivity index (χ1n) is 24.5. The molecule has 61 heavy (non-hydrogen) atoms. The highest BCUT2D eigenvalue weighted by Gasteiger charge is 2.19. The summed E-state index contributed by atoms with van der Waals surface area (Å²) < 4.78 is 16.6. The Labute approximate surface area is 374 Å². The van der Waals surface area contributed by atoms with E-state index in [1.807, 2.05) is 54.7 Å². The lowest BCUT2D eigenvalue weighted by atomic mass is 10.0. The summed E-state index contributed by atoms with van der Waals surface area (Å²) in [5.41, 5.74) is 0. The minimum absolute atomic E-state index is 0.124. The fourth-order valence-electron chi connectivity index (χ4n) is 6.23. The molecule has 0 aromatic heterocycles. The highest BCUT2D eigenvalue weighted by atomic mass is 16.6. The van der Waals surface area contributed by atoms with Crippen molar-refractivity contribution in [3.8, 4) is 0 Å². The van der Waals surface area contributed by atoms with Crippen LogP contribution in [-0.4, -0.2) is 37.2 Å². The van der Waals surface area contributed by atoms with E-state index in [0.717, 1.165) is 57.8 Å². The summed E-state index contributed by atoms with van der Waals surface area (Å²) in [4.78, 5) is 37.8. The van der Waals surface area contributed by atoms with Crippen molar-refractivity contribution >= 4 is 17.9 Å². The molecule has 0 N–H and O–H groups in total. The van der Waals surface area contributed by atoms with Gasteiger partial charge in [-0.2, -0.15) is 0 Å². The third-order valence-electron chi connectivity index (χ3n) is 9.89. The second-order valence-electron chi connectivity index (χ2n) is 15.8. The van der Waals surface area contributed by atoms with Crippen molar-refractivity contribution in [1.29, 1.82) is 0 Å². The third kappa shape index (κ3) is 47.0. The van der Waals surface area contributed by atoms with E-state index >= 15 is 0 Å². The van der Waals surface area contributed by atoms with Crippen LogP contribution in [0.4, 0.5) is 0 Å². The molecular weight excluding hydrogens is 757 g/mol. The van der Waals surface area contributed by atoms with E-state index < -0.39 is 12.1 Å². The maximum atomic E-state index is 12.7. The zero-order chi connectivity index (χ0) is 44.4. The van der Waals surface area contributed by atoms with Crippen LogP contribution >= 0.6 is 0 Å². The van der Waals surface area contributed by atoms with Crippen LogP contribution in [0.3, 0.4) is 0 Å². The van der Waals surface area contributed by atoms with E-state index in [4.69, 9.17) is 14.2 Å². The maximum absolute atomic E-state index is 12.7. The Kier molecular flexibility index (Phi) is 45.6. The van der Waals surface area contributed by atoms with Crippen molar-refractivity contribution < 1.29 is 28.6 Å². The Hall–Kier alpha value is -3.93. The lowest BCUT2D eigenvalue weighted by molar-refractivity contribution is -0.167. The molecule has 0 radical (unpaired) electrons. The number of rotatable bonds is 42. The highest BCUT2D eigenvalue weighted by molar-refractivity contribution is 5.71. The Morgan fingerprint density at radius 3 is 1.21 bits per heavy atom. The number of esters is 3. The maximum Gasteiger partial charge on any atom is 0.306 e. The van der Waals surface area contributed by atoms with E-state index in [1.165, 1.54) is 89.9 Å². The van der Waals surface area contributed by atoms with E-state index in [1.54, 1.807) is 0 Å². The fraction of sp³-hybridized carbons (Fsp3) is 0.618. The number of carbonyl (C=O) groups is 3. The number of carbonyl (C=O) groups excluding carboxylic acids is 3. The lowest BCUT2D eigenvalue weighted by Gasteiger charge is -2.18. The van der Waals surface area contributed by atoms with Gasteiger partial charge in [-0.25, -0.2) is 0 Å². The van der Waals surface area contributed by atoms with E-state index in [9.17, 15) is 14.4 Å². The molecule has 0 aromatic carbocycles. The second-order valence-corrected chi connectivity index (χ2v) is 15.8. The van der Waals surface area contributed by atoms with Gasteiger partial charge in [0.2, 0.25) is 0 Å². The molecule has 0 spiro atoms. The molecule has 6 heteroatoms. The Balaban J connectivity index is 4.58. The van der Waals surface area contributed by atoms with Crippen LogP contribution in [0.1, 0.15) is 201 Å². The molecule has 0 rings (SSSR count). The molecule has 1 unspecified atom stereocenters. The molecule has 1 atom stereocenters. The van der Waals surface area contributed by atoms with Crippen molar-refractivity contribution in [2.24, 2.45) is 0 Å². The summed E-state index contributed by atoms with van der Waals surface area (Å²) in [7, 11) is 0. The summed E-state index contributed by atoms with van der Waals surface area (Å²) in [6.07, 6.45) is 65.1. The van der Waals surface area contributed by atoms with Gasteiger partial charge in [-0.05, 0) is 70.6 Å². The third-order valence-corrected chi connectivity index (χ3v) is 9.89. The summed E-state index contributed by atoms with van der Waals surface area (Å²) in [5, 5.41) is 0. The van der Waals surface area contributed by atoms with Crippen molar-refractivity contribution in [3.05, 3.63) is 109 Å². The van der Waals surface area contributed by atoms with Gasteiger partial charge in [-0.15, -0.1) is 0 Å². The minimum Gasteiger partial charge on any atom is -0.462 e. The lowest BCUT2D eigenvalue weighted by Crippen LogP contribution is -2.30. The monoisotopic (exact) mass is 845 g/mol. The number of allylic oxidation sites excluding steroid dienone is 18. The summed E-state index contributed by atoms with van der Waals surface area (Å²) in [6.45, 7) is 6.33. The van der Waals surface area contributed by atoms with Crippen LogP contribution in [0, 0.1) is 0 Å². The van der Waals surface area contributed by atoms with Crippen LogP contribution in [0.2, 0.25) is 0 Å². The molecule has 0 aliphatic carbocycles. The minimum atomic E-state index is -0.836. The normalized spacial score (nSPS) is 13.0. The molecule has 0 fully saturated rings. The molecule has 0 bridgehead atoms. The SMILES string of the molecule is CC\C=C/C=C\C=C/C=C\C=C/CCCC(=O)OC(COC(=O)CCC/C=C\C/C=C\C/C=C\C/C=C\CCCCC)COC(=O)CCCCCCCCCCCCCCC. The van der Waals surface area contributed by atoms with Gasteiger partial charge in [-0.3, -0.25) is 14.4 Å². The van der Waals surface area contributed by atoms with Gasteiger partial charge in [0.1, 0.15) is 13.2 Å². The van der Waals surface area contributed by atoms with Crippen LogP contribution in [0.25, 0.3) is 0 Å². The first-order valence-corrected chi connectivity index (χ1v) is 24.5. The van der Waals surface area contributed by atoms with E-state index in [2.05, 4.69) is 75.5 Å². The van der Waals surface area contributed by atoms with Crippen LogP contribution in [-0.2, 0) is 28.6 Å². The molecular formula is C55H88O6. The molecule has 0 saturated heterocycles. The first-order chi connectivity index (χ1) is 30.0. The van der Waals surface area contributed by atoms with E-state index in [-0.39, 0.29) is 38.0 Å². The van der Waals surface area contributed by atoms with Crippen molar-refractivity contribution in [2.45, 2.75) is 207 Å². The fourth-order valence-corrected chi connectivity index (χ4v) is 6.23. The highest BCUT2D eigenvalue weighted by Crippen LogP contribution is 2.14. The van der Waals surface area contributed by atoms with Crippen molar-refractivity contribution in [3.63, 3.8) is 0 Å². The standard InChI is InChI=1S/C55H88O6/c1-4-7-10-13-16-19-22-25-26-27-28-31-33-36-39-42-45-48-54(57)60-51-52(61-55(58)49-46-43-40-37-34-30-24-21-18-15-12-9-6-3)50-59-53(56)47-44-41-38-35-32-29-23-20-17-14-11-8-5-2/h9,12,15-16,18-19,21,24-26,28,30-31,34,36-37,39-40,52H,4-8,10-11,13-14,17,20,22-23,27,29,32-33,35,38,41-51H2,1-3H3/b12-9-,18-15-,19-16-,24-21-,26-25-,31-28-,34-30-,39-36-,40-37-. The van der Waals surface area contributed by atoms with Gasteiger partial charge in [-0.1, -0.05) is 220 Å². The quantitative estimate of drug-likeness (QED) is 0.0200. The number of hydrogen-bond donors (Lipinski definition) is 0. The molecule has 0 saturated carbocycles. The zero-order valence-electron chi connectivity index (χ0n) is 39.1. The van der Waals surface area contributed by atoms with Crippen LogP contribution in [0.5, 0.6) is 0 Å². The summed E-state index contributed by atoms with van der Waals surface area (Å²) in [5.74, 6) is -1.07. The Morgan fingerprint density at radius 1 is 0.361 bits per heavy atom. The Bertz CT molecular complexity index is 1290. The van der Waals surface area contributed by atoms with Gasteiger partial charge in [0.15, 0.2) is 6.10 Å². The van der Waals surface area contributed by atoms with Crippen LogP contribution in [0.15, 0.2) is 109 Å². The molecule has 6 nitrogen and oxygen atoms in total. The predicted molar refractivity (Wildman–Crippen MR) is 260 cm³/mol. The molecule has 0 heterocycles. The molecule has 0 aliphatic heterocycles. The molecule has 0 amide bonds. The number of unbranched alkanes of at least 4 members (excludes halogenated alkanes) is 17. The number of hydrogen-bond acceptors (Lipinski definition) is 6. The predicted octanol–water partition coefficient (Wildman–Crippen LogP) is 16.0. The first kappa shape index (κ1) is 57.1. The average molecular weight is 845 g/mol. The molecule has 0 aromatic rings. The molecule has 344 valence electrons. The van der Waals surface area contributed by atoms with Gasteiger partial charge in [0.05, 0.1) is 0 Å². The van der Waals surface area contributed by atoms with Gasteiger partial charge in [0.25, 0.3) is 0 Å². The summed E-state index contributed by atoms with van der Waals surface area (Å²) >= 11 is 0. The van der Waals surface area contributed by atoms with Crippen LogP contribution < -0.4 is 0 Å². The van der Waals surface area contributed by atoms with Gasteiger partial charge < -0.3 is 14.2 Å². The smallest absolute Gasteiger partial charge is 0.306 e. The zero-order valence-corrected chi connectivity index (χ0v) is 39.1. The second kappa shape index (κ2) is 48.7. The average Bonchev–Trinajstić information content (AvgIpc) is 3.26. The van der Waals surface area contributed by atoms with Crippen molar-refractivity contribution in [1.82, 2.24) is 0 Å². The Morgan fingerprint density at radius 2 is 0.721 bits per heavy atom. The topological polar surface area (TPSA) is 78.9 Å². The van der Waals surface area contributed by atoms with Crippen molar-refractivity contribution in [2.75, 3.05) is 13.2 Å². The van der Waals surface area contributed by atoms with E-state index in [0.29, 0.717) is 19.3 Å². The largest absolute Gasteiger partial charge is 0.462 e. The van der Waals surface area contributed by atoms with Gasteiger partial charge in [0, 0.05) is 19.3 Å².